The zero-order valence-corrected chi connectivity index (χ0v) is 18.5. The lowest BCUT2D eigenvalue weighted by molar-refractivity contribution is -0.159. The monoisotopic (exact) mass is 479 g/mol. The van der Waals surface area contributed by atoms with E-state index in [9.17, 15) is 31.5 Å². The van der Waals surface area contributed by atoms with Gasteiger partial charge in [0.15, 0.2) is 0 Å². The van der Waals surface area contributed by atoms with Crippen molar-refractivity contribution in [3.63, 3.8) is 0 Å². The van der Waals surface area contributed by atoms with Crippen molar-refractivity contribution in [1.29, 1.82) is 0 Å². The number of carbonyl (C=O) groups is 2. The molecular formula is C20H26F5N5O3. The minimum atomic E-state index is -4.55. The van der Waals surface area contributed by atoms with Crippen LogP contribution >= 0.6 is 0 Å². The first-order chi connectivity index (χ1) is 15.2. The molecule has 0 bridgehead atoms. The molecule has 33 heavy (non-hydrogen) atoms. The second-order valence-corrected chi connectivity index (χ2v) is 9.07. The van der Waals surface area contributed by atoms with Crippen LogP contribution in [0.15, 0.2) is 12.4 Å². The van der Waals surface area contributed by atoms with Gasteiger partial charge in [0.25, 0.3) is 5.92 Å². The number of carbonyl (C=O) groups excluding carboxylic acids is 2. The number of aromatic nitrogens is 2. The van der Waals surface area contributed by atoms with Crippen LogP contribution in [0.5, 0.6) is 0 Å². The lowest BCUT2D eigenvalue weighted by Crippen LogP contribution is -2.58. The fourth-order valence-corrected chi connectivity index (χ4v) is 3.63. The van der Waals surface area contributed by atoms with Crippen molar-refractivity contribution in [2.24, 2.45) is 5.92 Å². The lowest BCUT2D eigenvalue weighted by Gasteiger charge is -2.41. The van der Waals surface area contributed by atoms with Gasteiger partial charge in [-0.2, -0.15) is 13.2 Å². The predicted octanol–water partition coefficient (Wildman–Crippen LogP) is 3.04. The van der Waals surface area contributed by atoms with Crippen molar-refractivity contribution in [2.75, 3.05) is 44.2 Å². The van der Waals surface area contributed by atoms with Crippen molar-refractivity contribution in [3.8, 4) is 0 Å². The van der Waals surface area contributed by atoms with E-state index in [1.807, 2.05) is 0 Å². The maximum Gasteiger partial charge on any atom is 0.419 e. The van der Waals surface area contributed by atoms with Gasteiger partial charge in [0.2, 0.25) is 11.9 Å². The molecule has 1 unspecified atom stereocenters. The number of rotatable bonds is 2. The molecule has 0 aliphatic carbocycles. The highest BCUT2D eigenvalue weighted by Gasteiger charge is 2.51. The molecule has 1 aromatic heterocycles. The van der Waals surface area contributed by atoms with Crippen LogP contribution < -0.4 is 4.90 Å². The van der Waals surface area contributed by atoms with Crippen LogP contribution in [-0.2, 0) is 15.7 Å². The molecule has 2 fully saturated rings. The molecule has 8 nitrogen and oxygen atoms in total. The summed E-state index contributed by atoms with van der Waals surface area (Å²) in [6, 6.07) is 0. The molecule has 184 valence electrons. The zero-order chi connectivity index (χ0) is 24.6. The Kier molecular flexibility index (Phi) is 6.72. The molecule has 2 aliphatic heterocycles. The summed E-state index contributed by atoms with van der Waals surface area (Å²) >= 11 is 0. The van der Waals surface area contributed by atoms with Crippen LogP contribution in [0.2, 0.25) is 0 Å². The Hall–Kier alpha value is -2.73. The number of piperazine rings is 1. The zero-order valence-electron chi connectivity index (χ0n) is 18.5. The topological polar surface area (TPSA) is 78.9 Å². The van der Waals surface area contributed by atoms with Gasteiger partial charge in [0.1, 0.15) is 11.5 Å². The van der Waals surface area contributed by atoms with Crippen LogP contribution in [0, 0.1) is 5.92 Å². The van der Waals surface area contributed by atoms with Crippen LogP contribution in [0.4, 0.5) is 32.7 Å². The smallest absolute Gasteiger partial charge is 0.419 e. The number of ether oxygens (including phenoxy) is 1. The maximum atomic E-state index is 14.6. The van der Waals surface area contributed by atoms with E-state index < -0.39 is 54.1 Å². The van der Waals surface area contributed by atoms with Gasteiger partial charge < -0.3 is 19.4 Å². The van der Waals surface area contributed by atoms with E-state index in [0.717, 1.165) is 4.90 Å². The lowest BCUT2D eigenvalue weighted by atomic mass is 9.92. The Morgan fingerprint density at radius 1 is 1.00 bits per heavy atom. The third-order valence-electron chi connectivity index (χ3n) is 5.42. The second kappa shape index (κ2) is 8.90. The van der Waals surface area contributed by atoms with Gasteiger partial charge >= 0.3 is 12.3 Å². The molecular weight excluding hydrogens is 453 g/mol. The van der Waals surface area contributed by atoms with E-state index >= 15 is 0 Å². The number of hydrogen-bond acceptors (Lipinski definition) is 6. The Labute approximate surface area is 187 Å². The number of halogens is 5. The van der Waals surface area contributed by atoms with Crippen molar-refractivity contribution in [2.45, 2.75) is 44.9 Å². The van der Waals surface area contributed by atoms with Crippen molar-refractivity contribution >= 4 is 17.9 Å². The second-order valence-electron chi connectivity index (χ2n) is 9.07. The summed E-state index contributed by atoms with van der Waals surface area (Å²) in [4.78, 5) is 36.6. The number of likely N-dealkylation sites (tertiary alicyclic amines) is 1. The van der Waals surface area contributed by atoms with Gasteiger partial charge in [-0.1, -0.05) is 0 Å². The average molecular weight is 479 g/mol. The molecule has 1 aromatic rings. The summed E-state index contributed by atoms with van der Waals surface area (Å²) in [6.07, 6.45) is -4.61. The van der Waals surface area contributed by atoms with E-state index in [0.29, 0.717) is 12.4 Å². The van der Waals surface area contributed by atoms with Crippen LogP contribution in [0.25, 0.3) is 0 Å². The Bertz CT molecular complexity index is 864. The molecule has 13 heteroatoms. The number of piperidine rings is 1. The Morgan fingerprint density at radius 3 is 2.09 bits per heavy atom. The van der Waals surface area contributed by atoms with Gasteiger partial charge in [-0.05, 0) is 20.8 Å². The standard InChI is InChI=1S/C20H26F5N5O3/c1-18(2,3)33-17(32)30-5-4-19(21,22)14(12-30)15(31)28-6-8-29(9-7-28)16-26-10-13(11-27-16)20(23,24)25/h10-11,14H,4-9,12H2,1-3H3. The number of anilines is 1. The SMILES string of the molecule is CC(C)(C)OC(=O)N1CCC(F)(F)C(C(=O)N2CCN(c3ncc(C(F)(F)F)cn3)CC2)C1. The van der Waals surface area contributed by atoms with Gasteiger partial charge in [-0.15, -0.1) is 0 Å². The van der Waals surface area contributed by atoms with Crippen molar-refractivity contribution in [1.82, 2.24) is 19.8 Å². The number of hydrogen-bond donors (Lipinski definition) is 0. The molecule has 0 spiro atoms. The molecule has 1 atom stereocenters. The summed E-state index contributed by atoms with van der Waals surface area (Å²) < 4.78 is 72.4. The first-order valence-electron chi connectivity index (χ1n) is 10.5. The van der Waals surface area contributed by atoms with Crippen LogP contribution in [0.1, 0.15) is 32.8 Å². The van der Waals surface area contributed by atoms with Gasteiger partial charge in [-0.3, -0.25) is 4.79 Å². The quantitative estimate of drug-likeness (QED) is 0.607. The third kappa shape index (κ3) is 5.99. The Balaban J connectivity index is 1.62. The number of alkyl halides is 5. The summed E-state index contributed by atoms with van der Waals surface area (Å²) in [5.41, 5.74) is -1.78. The van der Waals surface area contributed by atoms with E-state index in [4.69, 9.17) is 4.74 Å². The van der Waals surface area contributed by atoms with Gasteiger partial charge in [0, 0.05) is 58.1 Å². The van der Waals surface area contributed by atoms with E-state index in [-0.39, 0.29) is 38.7 Å². The maximum absolute atomic E-state index is 14.6. The fraction of sp³-hybridized carbons (Fsp3) is 0.700. The number of nitrogens with zero attached hydrogens (tertiary/aromatic N) is 5. The van der Waals surface area contributed by atoms with Gasteiger partial charge in [0.05, 0.1) is 5.56 Å². The highest BCUT2D eigenvalue weighted by molar-refractivity contribution is 5.81. The van der Waals surface area contributed by atoms with Gasteiger partial charge in [-0.25, -0.2) is 23.5 Å². The predicted molar refractivity (Wildman–Crippen MR) is 107 cm³/mol. The summed E-state index contributed by atoms with van der Waals surface area (Å²) in [6.45, 7) is 4.79. The fourth-order valence-electron chi connectivity index (χ4n) is 3.63. The van der Waals surface area contributed by atoms with Crippen LogP contribution in [0.3, 0.4) is 0 Å². The highest BCUT2D eigenvalue weighted by Crippen LogP contribution is 2.35. The first kappa shape index (κ1) is 24.9. The molecule has 2 amide bonds. The first-order valence-corrected chi connectivity index (χ1v) is 10.5. The molecule has 2 saturated heterocycles. The van der Waals surface area contributed by atoms with E-state index in [1.54, 1.807) is 25.7 Å². The highest BCUT2D eigenvalue weighted by atomic mass is 19.4. The normalized spacial score (nSPS) is 21.7. The molecule has 0 aromatic carbocycles. The summed E-state index contributed by atoms with van der Waals surface area (Å²) in [5.74, 6) is -5.69. The summed E-state index contributed by atoms with van der Waals surface area (Å²) in [5, 5.41) is 0. The van der Waals surface area contributed by atoms with Crippen molar-refractivity contribution in [3.05, 3.63) is 18.0 Å². The largest absolute Gasteiger partial charge is 0.444 e. The van der Waals surface area contributed by atoms with Crippen LogP contribution in [-0.4, -0.2) is 82.6 Å². The minimum Gasteiger partial charge on any atom is -0.444 e. The number of amides is 2. The minimum absolute atomic E-state index is 0.0641. The van der Waals surface area contributed by atoms with E-state index in [2.05, 4.69) is 9.97 Å². The third-order valence-corrected chi connectivity index (χ3v) is 5.42. The molecule has 3 rings (SSSR count). The molecule has 3 heterocycles. The van der Waals surface area contributed by atoms with Crippen molar-refractivity contribution < 1.29 is 36.3 Å². The molecule has 0 saturated carbocycles. The molecule has 2 aliphatic rings. The Morgan fingerprint density at radius 2 is 1.58 bits per heavy atom. The van der Waals surface area contributed by atoms with E-state index in [1.165, 1.54) is 4.90 Å². The molecule has 0 N–H and O–H groups in total. The molecule has 0 radical (unpaired) electrons. The average Bonchev–Trinajstić information content (AvgIpc) is 2.71. The summed E-state index contributed by atoms with van der Waals surface area (Å²) in [7, 11) is 0.